The van der Waals surface area contributed by atoms with Crippen molar-refractivity contribution in [3.05, 3.63) is 36.7 Å². The Kier molecular flexibility index (Phi) is 5.81. The molecule has 1 aromatic heterocycles. The third-order valence-electron chi connectivity index (χ3n) is 4.61. The van der Waals surface area contributed by atoms with E-state index in [4.69, 9.17) is 4.74 Å². The van der Waals surface area contributed by atoms with Crippen molar-refractivity contribution < 1.29 is 13.2 Å². The van der Waals surface area contributed by atoms with Gasteiger partial charge in [0.2, 0.25) is 10.0 Å². The molecule has 9 heteroatoms. The molecule has 3 rings (SSSR count). The minimum atomic E-state index is -3.48. The lowest BCUT2D eigenvalue weighted by Gasteiger charge is -2.32. The Morgan fingerprint density at radius 2 is 1.81 bits per heavy atom. The fourth-order valence-corrected chi connectivity index (χ4v) is 4.49. The number of rotatable bonds is 6. The minimum Gasteiger partial charge on any atom is -0.497 e. The highest BCUT2D eigenvalue weighted by molar-refractivity contribution is 7.89. The van der Waals surface area contributed by atoms with E-state index >= 15 is 0 Å². The van der Waals surface area contributed by atoms with Crippen LogP contribution in [-0.2, 0) is 10.0 Å². The molecular formula is C18H25N5O3S. The second-order valence-electron chi connectivity index (χ2n) is 6.65. The van der Waals surface area contributed by atoms with Crippen LogP contribution in [0.4, 0.5) is 11.6 Å². The van der Waals surface area contributed by atoms with Gasteiger partial charge in [-0.3, -0.25) is 0 Å². The van der Waals surface area contributed by atoms with Crippen LogP contribution in [0.5, 0.6) is 5.75 Å². The number of hydrogen-bond acceptors (Lipinski definition) is 7. The van der Waals surface area contributed by atoms with E-state index < -0.39 is 10.0 Å². The molecule has 0 unspecified atom stereocenters. The van der Waals surface area contributed by atoms with Gasteiger partial charge in [-0.1, -0.05) is 0 Å². The number of nitrogens with one attached hydrogen (secondary N) is 1. The molecular weight excluding hydrogens is 366 g/mol. The summed E-state index contributed by atoms with van der Waals surface area (Å²) in [6.45, 7) is 0.940. The van der Waals surface area contributed by atoms with Gasteiger partial charge in [-0.05, 0) is 37.1 Å². The first-order chi connectivity index (χ1) is 12.9. The first kappa shape index (κ1) is 19.4. The van der Waals surface area contributed by atoms with E-state index in [0.717, 1.165) is 24.5 Å². The maximum Gasteiger partial charge on any atom is 0.243 e. The third-order valence-corrected chi connectivity index (χ3v) is 6.53. The van der Waals surface area contributed by atoms with Crippen molar-refractivity contribution in [2.24, 2.45) is 0 Å². The summed E-state index contributed by atoms with van der Waals surface area (Å²) >= 11 is 0. The lowest BCUT2D eigenvalue weighted by molar-refractivity contribution is 0.329. The highest BCUT2D eigenvalue weighted by Gasteiger charge is 2.29. The molecule has 0 amide bonds. The molecule has 2 aromatic rings. The van der Waals surface area contributed by atoms with Gasteiger partial charge >= 0.3 is 0 Å². The molecule has 1 saturated heterocycles. The quantitative estimate of drug-likeness (QED) is 0.803. The molecule has 1 aliphatic heterocycles. The molecule has 0 aliphatic carbocycles. The second-order valence-corrected chi connectivity index (χ2v) is 8.59. The third kappa shape index (κ3) is 4.48. The molecule has 0 saturated carbocycles. The number of sulfonamides is 1. The van der Waals surface area contributed by atoms with Gasteiger partial charge in [-0.2, -0.15) is 4.31 Å². The first-order valence-electron chi connectivity index (χ1n) is 8.80. The van der Waals surface area contributed by atoms with E-state index in [1.165, 1.54) is 10.6 Å². The van der Waals surface area contributed by atoms with Gasteiger partial charge in [-0.15, -0.1) is 0 Å². The highest BCUT2D eigenvalue weighted by Crippen LogP contribution is 2.24. The maximum atomic E-state index is 12.8. The molecule has 0 atom stereocenters. The molecule has 1 aliphatic rings. The number of anilines is 2. The topological polar surface area (TPSA) is 87.7 Å². The Bertz CT molecular complexity index is 863. The Balaban J connectivity index is 1.61. The summed E-state index contributed by atoms with van der Waals surface area (Å²) in [5, 5.41) is 3.39. The zero-order valence-electron chi connectivity index (χ0n) is 15.8. The van der Waals surface area contributed by atoms with Gasteiger partial charge < -0.3 is 15.0 Å². The molecule has 8 nitrogen and oxygen atoms in total. The van der Waals surface area contributed by atoms with E-state index in [1.54, 1.807) is 31.4 Å². The summed E-state index contributed by atoms with van der Waals surface area (Å²) in [5.41, 5.74) is 0. The predicted molar refractivity (Wildman–Crippen MR) is 105 cm³/mol. The number of methoxy groups -OCH3 is 1. The van der Waals surface area contributed by atoms with Gasteiger partial charge in [0.15, 0.2) is 0 Å². The van der Waals surface area contributed by atoms with E-state index in [1.807, 2.05) is 25.1 Å². The molecule has 0 spiro atoms. The standard InChI is InChI=1S/C18H25N5O3S/c1-22(2)18-12-17(19-13-20-18)21-14-8-10-23(11-9-14)27(24,25)16-6-4-15(26-3)5-7-16/h4-7,12-14H,8-11H2,1-3H3,(H,19,20,21). The maximum absolute atomic E-state index is 12.8. The smallest absolute Gasteiger partial charge is 0.243 e. The summed E-state index contributed by atoms with van der Waals surface area (Å²) in [6, 6.07) is 8.57. The zero-order valence-corrected chi connectivity index (χ0v) is 16.6. The highest BCUT2D eigenvalue weighted by atomic mass is 32.2. The average Bonchev–Trinajstić information content (AvgIpc) is 2.68. The Morgan fingerprint density at radius 1 is 1.15 bits per heavy atom. The molecule has 0 radical (unpaired) electrons. The van der Waals surface area contributed by atoms with Crippen LogP contribution in [0.3, 0.4) is 0 Å². The number of hydrogen-bond donors (Lipinski definition) is 1. The van der Waals surface area contributed by atoms with Crippen molar-refractivity contribution in [3.63, 3.8) is 0 Å². The molecule has 146 valence electrons. The van der Waals surface area contributed by atoms with Crippen molar-refractivity contribution >= 4 is 21.7 Å². The average molecular weight is 391 g/mol. The summed E-state index contributed by atoms with van der Waals surface area (Å²) in [5.74, 6) is 2.22. The van der Waals surface area contributed by atoms with Crippen molar-refractivity contribution in [2.75, 3.05) is 44.5 Å². The van der Waals surface area contributed by atoms with Gasteiger partial charge in [0.05, 0.1) is 12.0 Å². The Morgan fingerprint density at radius 3 is 2.41 bits per heavy atom. The molecule has 1 N–H and O–H groups in total. The number of ether oxygens (including phenoxy) is 1. The molecule has 27 heavy (non-hydrogen) atoms. The number of nitrogens with zero attached hydrogens (tertiary/aromatic N) is 4. The Hall–Kier alpha value is -2.39. The first-order valence-corrected chi connectivity index (χ1v) is 10.2. The normalized spacial score (nSPS) is 16.1. The van der Waals surface area contributed by atoms with Gasteiger partial charge in [-0.25, -0.2) is 18.4 Å². The van der Waals surface area contributed by atoms with Crippen molar-refractivity contribution in [1.29, 1.82) is 0 Å². The Labute approximate surface area is 160 Å². The van der Waals surface area contributed by atoms with Crippen LogP contribution in [0.15, 0.2) is 41.6 Å². The van der Waals surface area contributed by atoms with Gasteiger partial charge in [0.25, 0.3) is 0 Å². The van der Waals surface area contributed by atoms with E-state index in [0.29, 0.717) is 23.7 Å². The van der Waals surface area contributed by atoms with Crippen molar-refractivity contribution in [2.45, 2.75) is 23.8 Å². The largest absolute Gasteiger partial charge is 0.497 e. The van der Waals surface area contributed by atoms with Crippen molar-refractivity contribution in [3.8, 4) is 5.75 Å². The van der Waals surface area contributed by atoms with E-state index in [-0.39, 0.29) is 6.04 Å². The van der Waals surface area contributed by atoms with Crippen LogP contribution < -0.4 is 15.0 Å². The number of piperidine rings is 1. The van der Waals surface area contributed by atoms with Gasteiger partial charge in [0, 0.05) is 39.3 Å². The van der Waals surface area contributed by atoms with Crippen LogP contribution in [0.1, 0.15) is 12.8 Å². The van der Waals surface area contributed by atoms with Crippen molar-refractivity contribution in [1.82, 2.24) is 14.3 Å². The summed E-state index contributed by atoms with van der Waals surface area (Å²) in [6.07, 6.45) is 2.97. The zero-order chi connectivity index (χ0) is 19.4. The van der Waals surface area contributed by atoms with Crippen LogP contribution in [0, 0.1) is 0 Å². The lowest BCUT2D eigenvalue weighted by atomic mass is 10.1. The molecule has 1 fully saturated rings. The summed E-state index contributed by atoms with van der Waals surface area (Å²) in [7, 11) is 1.92. The number of benzene rings is 1. The van der Waals surface area contributed by atoms with E-state index in [2.05, 4.69) is 15.3 Å². The van der Waals surface area contributed by atoms with Crippen LogP contribution in [0.25, 0.3) is 0 Å². The van der Waals surface area contributed by atoms with Crippen LogP contribution >= 0.6 is 0 Å². The second kappa shape index (κ2) is 8.10. The van der Waals surface area contributed by atoms with Gasteiger partial charge in [0.1, 0.15) is 23.7 Å². The lowest BCUT2D eigenvalue weighted by Crippen LogP contribution is -2.42. The predicted octanol–water partition coefficient (Wildman–Crippen LogP) is 1.82. The SMILES string of the molecule is COc1ccc(S(=O)(=O)N2CCC(Nc3cc(N(C)C)ncn3)CC2)cc1. The monoisotopic (exact) mass is 391 g/mol. The molecule has 0 bridgehead atoms. The van der Waals surface area contributed by atoms with Crippen LogP contribution in [0.2, 0.25) is 0 Å². The van der Waals surface area contributed by atoms with Crippen LogP contribution in [-0.4, -0.2) is 63.0 Å². The van der Waals surface area contributed by atoms with E-state index in [9.17, 15) is 8.42 Å². The summed E-state index contributed by atoms with van der Waals surface area (Å²) < 4.78 is 32.3. The summed E-state index contributed by atoms with van der Waals surface area (Å²) in [4.78, 5) is 10.7. The molecule has 1 aromatic carbocycles. The number of aromatic nitrogens is 2. The molecule has 2 heterocycles. The fourth-order valence-electron chi connectivity index (χ4n) is 3.02. The fraction of sp³-hybridized carbons (Fsp3) is 0.444. The minimum absolute atomic E-state index is 0.178.